The lowest BCUT2D eigenvalue weighted by Crippen LogP contribution is -2.54. The van der Waals surface area contributed by atoms with Gasteiger partial charge in [0.15, 0.2) is 0 Å². The van der Waals surface area contributed by atoms with Crippen molar-refractivity contribution in [3.05, 3.63) is 54.1 Å². The highest BCUT2D eigenvalue weighted by atomic mass is 32.2. The Hall–Kier alpha value is -5.90. The summed E-state index contributed by atoms with van der Waals surface area (Å²) in [6.45, 7) is 3.40. The van der Waals surface area contributed by atoms with Crippen LogP contribution in [0.2, 0.25) is 0 Å². The van der Waals surface area contributed by atoms with Gasteiger partial charge < -0.3 is 35.8 Å². The molecule has 0 spiro atoms. The van der Waals surface area contributed by atoms with E-state index in [-0.39, 0.29) is 48.0 Å². The molecule has 3 rings (SSSR count). The van der Waals surface area contributed by atoms with Gasteiger partial charge in [0.25, 0.3) is 10.0 Å². The number of carboxylic acid groups (broad SMARTS) is 4. The number of imide groups is 1. The van der Waals surface area contributed by atoms with Crippen molar-refractivity contribution in [2.45, 2.75) is 74.4 Å². The second-order valence-electron chi connectivity index (χ2n) is 15.9. The summed E-state index contributed by atoms with van der Waals surface area (Å²) < 4.78 is 34.6. The lowest BCUT2D eigenvalue weighted by atomic mass is 10.0. The smallest absolute Gasteiger partial charge is 0.408 e. The largest absolute Gasteiger partial charge is 0.480 e. The van der Waals surface area contributed by atoms with Crippen LogP contribution in [0.1, 0.15) is 39.7 Å². The molecule has 0 aliphatic carbocycles. The van der Waals surface area contributed by atoms with Gasteiger partial charge in [-0.2, -0.15) is 0 Å². The molecular formula is C40H55N7O17S2. The molecule has 2 unspecified atom stereocenters. The Bertz CT molecular complexity index is 2140. The predicted octanol–water partition coefficient (Wildman–Crippen LogP) is 0.529. The number of ether oxygens (including phenoxy) is 1. The van der Waals surface area contributed by atoms with Crippen LogP contribution in [0.3, 0.4) is 0 Å². The number of carbonyl (C=O) groups is 8. The van der Waals surface area contributed by atoms with Crippen LogP contribution in [0, 0.1) is 0 Å². The van der Waals surface area contributed by atoms with Crippen molar-refractivity contribution in [1.82, 2.24) is 25.5 Å². The van der Waals surface area contributed by atoms with E-state index < -0.39 is 113 Å². The van der Waals surface area contributed by atoms with Crippen molar-refractivity contribution in [2.24, 2.45) is 0 Å². The quantitative estimate of drug-likeness (QED) is 0.0365. The molecule has 1 saturated heterocycles. The van der Waals surface area contributed by atoms with Crippen LogP contribution < -0.4 is 20.3 Å². The molecule has 26 heteroatoms. The number of carboxylic acids is 4. The van der Waals surface area contributed by atoms with Gasteiger partial charge in [-0.05, 0) is 76.1 Å². The van der Waals surface area contributed by atoms with Gasteiger partial charge in [-0.1, -0.05) is 12.1 Å². The summed E-state index contributed by atoms with van der Waals surface area (Å²) in [7, 11) is -1.72. The topological polar surface area (TPSA) is 328 Å². The predicted molar refractivity (Wildman–Crippen MR) is 235 cm³/mol. The van der Waals surface area contributed by atoms with Gasteiger partial charge in [0.1, 0.15) is 11.6 Å². The third kappa shape index (κ3) is 17.5. The zero-order valence-corrected chi connectivity index (χ0v) is 38.6. The molecule has 2 aromatic carbocycles. The van der Waals surface area contributed by atoms with Crippen LogP contribution in [0.5, 0.6) is 0 Å². The molecule has 0 bridgehead atoms. The number of alkyl carbamates (subject to hydrolysis) is 1. The van der Waals surface area contributed by atoms with Gasteiger partial charge in [-0.15, -0.1) is 21.8 Å². The van der Waals surface area contributed by atoms with Crippen molar-refractivity contribution in [3.8, 4) is 0 Å². The summed E-state index contributed by atoms with van der Waals surface area (Å²) in [6, 6.07) is 8.06. The molecule has 1 fully saturated rings. The first-order valence-corrected chi connectivity index (χ1v) is 22.6. The Balaban J connectivity index is 1.78. The number of aliphatic carboxylic acids is 4. The highest BCUT2D eigenvalue weighted by molar-refractivity contribution is 8.00. The van der Waals surface area contributed by atoms with Gasteiger partial charge in [0, 0.05) is 44.0 Å². The fourth-order valence-corrected chi connectivity index (χ4v) is 8.92. The van der Waals surface area contributed by atoms with Crippen LogP contribution in [0.15, 0.2) is 53.4 Å². The van der Waals surface area contributed by atoms with Crippen LogP contribution in [-0.4, -0.2) is 180 Å². The maximum absolute atomic E-state index is 13.5. The number of likely N-dealkylation sites (N-methyl/N-ethyl adjacent to an activating group) is 1. The number of hydrogen-bond donors (Lipinski definition) is 7. The number of carbonyl (C=O) groups excluding carboxylic acids is 4. The number of benzene rings is 2. The normalized spacial score (nSPS) is 15.7. The van der Waals surface area contributed by atoms with E-state index in [1.165, 1.54) is 60.6 Å². The van der Waals surface area contributed by atoms with E-state index in [9.17, 15) is 67.2 Å². The van der Waals surface area contributed by atoms with Gasteiger partial charge >= 0.3 is 30.0 Å². The average Bonchev–Trinajstić information content (AvgIpc) is 3.48. The maximum Gasteiger partial charge on any atom is 0.408 e. The zero-order chi connectivity index (χ0) is 49.5. The highest BCUT2D eigenvalue weighted by Crippen LogP contribution is 2.31. The van der Waals surface area contributed by atoms with Crippen molar-refractivity contribution in [2.75, 3.05) is 68.8 Å². The Kier molecular flexibility index (Phi) is 20.3. The summed E-state index contributed by atoms with van der Waals surface area (Å²) in [5, 5.41) is 42.9. The maximum atomic E-state index is 13.5. The van der Waals surface area contributed by atoms with Gasteiger partial charge in [-0.3, -0.25) is 48.1 Å². The molecule has 364 valence electrons. The molecule has 1 aliphatic rings. The Morgan fingerprint density at radius 1 is 0.848 bits per heavy atom. The third-order valence-corrected chi connectivity index (χ3v) is 12.0. The number of nitrogens with zero attached hydrogens (tertiary/aromatic N) is 4. The van der Waals surface area contributed by atoms with Crippen molar-refractivity contribution >= 4 is 80.9 Å². The standard InChI is InChI=1S/C40H55N7O17S2/c1-24(17-44(19-33(49)50)20-34(51)52)47(64-62-6)28(18-45(21-35(53)54)22-36(55)56)15-25-7-9-26(10-8-25)43-66(60,61)29-13-11-27(12-14-29)46-32(48)16-31(38(46)58)65-23-30(37(57)41-5)42-39(59)63-40(2,3)4/h7-14,24,28,30-31,43H,15-23H2,1-6H3,(H,41,57)(H,42,59)(H,49,50)(H,51,52)(H,53,54)(H,55,56)/t24-,28+,30?,31?/m0/s1. The fraction of sp³-hybridized carbons (Fsp3) is 0.500. The van der Waals surface area contributed by atoms with E-state index in [1.54, 1.807) is 27.7 Å². The molecule has 2 aromatic rings. The second kappa shape index (κ2) is 24.6. The van der Waals surface area contributed by atoms with Gasteiger partial charge in [-0.25, -0.2) is 23.0 Å². The minimum atomic E-state index is -4.25. The molecule has 4 amide bonds. The molecule has 1 aliphatic heterocycles. The van der Waals surface area contributed by atoms with E-state index in [2.05, 4.69) is 15.4 Å². The number of nitrogens with one attached hydrogen (secondary N) is 3. The SMILES string of the molecule is CNC(=O)C(CSC1CC(=O)N(c2ccc(S(=O)(=O)Nc3ccc(C[C@H](CN(CC(=O)O)CC(=O)O)N(OOC)[C@@H](C)CN(CC(=O)O)CC(=O)O)cc3)cc2)C1=O)NC(=O)OC(C)(C)C. The van der Waals surface area contributed by atoms with Crippen LogP contribution in [-0.2, 0) is 64.6 Å². The monoisotopic (exact) mass is 969 g/mol. The molecule has 7 N–H and O–H groups in total. The molecule has 0 radical (unpaired) electrons. The Morgan fingerprint density at radius 2 is 1.38 bits per heavy atom. The van der Waals surface area contributed by atoms with Crippen LogP contribution in [0.25, 0.3) is 0 Å². The van der Waals surface area contributed by atoms with Gasteiger partial charge in [0.05, 0.1) is 55.2 Å². The van der Waals surface area contributed by atoms with Crippen LogP contribution >= 0.6 is 11.8 Å². The zero-order valence-electron chi connectivity index (χ0n) is 37.0. The fourth-order valence-electron chi connectivity index (χ4n) is 6.70. The lowest BCUT2D eigenvalue weighted by molar-refractivity contribution is -0.434. The number of sulfonamides is 1. The number of amides is 4. The first-order chi connectivity index (χ1) is 30.8. The number of anilines is 2. The molecule has 0 saturated carbocycles. The van der Waals surface area contributed by atoms with E-state index in [0.717, 1.165) is 33.6 Å². The summed E-state index contributed by atoms with van der Waals surface area (Å²) in [5.74, 6) is -7.03. The van der Waals surface area contributed by atoms with E-state index in [1.807, 2.05) is 0 Å². The number of rotatable bonds is 27. The van der Waals surface area contributed by atoms with E-state index in [0.29, 0.717) is 5.56 Å². The first-order valence-electron chi connectivity index (χ1n) is 20.0. The summed E-state index contributed by atoms with van der Waals surface area (Å²) in [4.78, 5) is 111. The lowest BCUT2D eigenvalue weighted by Gasteiger charge is -2.37. The van der Waals surface area contributed by atoms with Crippen molar-refractivity contribution in [1.29, 1.82) is 0 Å². The van der Waals surface area contributed by atoms with E-state index >= 15 is 0 Å². The molecular weight excluding hydrogens is 915 g/mol. The number of thioether (sulfide) groups is 1. The summed E-state index contributed by atoms with van der Waals surface area (Å²) in [5.41, 5.74) is -0.108. The van der Waals surface area contributed by atoms with Crippen molar-refractivity contribution < 1.29 is 81.8 Å². The molecule has 66 heavy (non-hydrogen) atoms. The second-order valence-corrected chi connectivity index (χ2v) is 18.8. The third-order valence-electron chi connectivity index (χ3n) is 9.29. The molecule has 0 aromatic heterocycles. The summed E-state index contributed by atoms with van der Waals surface area (Å²) in [6.07, 6.45) is -1.06. The molecule has 4 atom stereocenters. The first kappa shape index (κ1) is 54.4. The highest BCUT2D eigenvalue weighted by Gasteiger charge is 2.41. The average molecular weight is 970 g/mol. The minimum absolute atomic E-state index is 0.000714. The van der Waals surface area contributed by atoms with E-state index in [4.69, 9.17) is 14.6 Å². The van der Waals surface area contributed by atoms with Crippen LogP contribution in [0.4, 0.5) is 16.2 Å². The number of hydrogen-bond acceptors (Lipinski definition) is 17. The summed E-state index contributed by atoms with van der Waals surface area (Å²) >= 11 is 0.990. The molecule has 24 nitrogen and oxygen atoms in total. The van der Waals surface area contributed by atoms with Crippen molar-refractivity contribution in [3.63, 3.8) is 0 Å². The Labute approximate surface area is 384 Å². The Morgan fingerprint density at radius 3 is 1.86 bits per heavy atom. The molecule has 1 heterocycles. The van der Waals surface area contributed by atoms with Gasteiger partial charge in [0.2, 0.25) is 17.7 Å². The minimum Gasteiger partial charge on any atom is -0.480 e. The number of hydroxylamine groups is 2.